The van der Waals surface area contributed by atoms with E-state index in [1.807, 2.05) is 48.5 Å². The van der Waals surface area contributed by atoms with Crippen molar-refractivity contribution in [2.45, 2.75) is 46.1 Å². The number of halogens is 1. The van der Waals surface area contributed by atoms with E-state index in [1.165, 1.54) is 0 Å². The fraction of sp³-hybridized carbons (Fsp3) is 0.269. The maximum atomic E-state index is 13.4. The van der Waals surface area contributed by atoms with Gasteiger partial charge in [0.25, 0.3) is 5.56 Å². The highest BCUT2D eigenvalue weighted by Gasteiger charge is 2.17. The number of oxime groups is 1. The number of nitrogens with one attached hydrogen (secondary N) is 1. The maximum absolute atomic E-state index is 13.4. The Morgan fingerprint density at radius 1 is 1.14 bits per heavy atom. The summed E-state index contributed by atoms with van der Waals surface area (Å²) in [4.78, 5) is 32.1. The van der Waals surface area contributed by atoms with Crippen LogP contribution in [0.3, 0.4) is 0 Å². The van der Waals surface area contributed by atoms with Crippen LogP contribution in [0.4, 0.5) is 0 Å². The zero-order chi connectivity index (χ0) is 25.7. The number of hydrogen-bond donors (Lipinski definition) is 2. The molecular formula is C26H26ClN5O4. The molecule has 4 aromatic rings. The van der Waals surface area contributed by atoms with Gasteiger partial charge in [0.15, 0.2) is 5.82 Å². The van der Waals surface area contributed by atoms with Crippen molar-refractivity contribution in [3.63, 3.8) is 0 Å². The van der Waals surface area contributed by atoms with E-state index in [2.05, 4.69) is 26.7 Å². The zero-order valence-electron chi connectivity index (χ0n) is 20.0. The molecule has 186 valence electrons. The summed E-state index contributed by atoms with van der Waals surface area (Å²) in [6.45, 7) is 4.20. The second-order valence-corrected chi connectivity index (χ2v) is 8.86. The molecule has 0 fully saturated rings. The van der Waals surface area contributed by atoms with Gasteiger partial charge >= 0.3 is 5.76 Å². The molecule has 2 aromatic carbocycles. The SMILES string of the molecule is CCCCc1nc(C)c(C/C(Cl)=N/O)c(=O)n1Cc1ccc(-c2ccccc2-c2noc(=O)[nH]2)cc1. The Labute approximate surface area is 212 Å². The number of aromatic nitrogens is 4. The van der Waals surface area contributed by atoms with Crippen LogP contribution >= 0.6 is 11.6 Å². The van der Waals surface area contributed by atoms with Gasteiger partial charge in [-0.3, -0.25) is 18.9 Å². The molecule has 0 aliphatic heterocycles. The van der Waals surface area contributed by atoms with Crippen molar-refractivity contribution in [3.8, 4) is 22.5 Å². The Hall–Kier alpha value is -3.98. The lowest BCUT2D eigenvalue weighted by Gasteiger charge is -2.16. The Kier molecular flexibility index (Phi) is 7.80. The van der Waals surface area contributed by atoms with Crippen LogP contribution < -0.4 is 11.3 Å². The van der Waals surface area contributed by atoms with Gasteiger partial charge in [-0.1, -0.05) is 83.8 Å². The number of unbranched alkanes of at least 4 members (excludes halogenated alkanes) is 1. The third-order valence-electron chi connectivity index (χ3n) is 5.96. The second-order valence-electron chi connectivity index (χ2n) is 8.43. The zero-order valence-corrected chi connectivity index (χ0v) is 20.7. The second kappa shape index (κ2) is 11.2. The van der Waals surface area contributed by atoms with Crippen molar-refractivity contribution in [1.82, 2.24) is 19.7 Å². The highest BCUT2D eigenvalue weighted by molar-refractivity contribution is 6.65. The lowest BCUT2D eigenvalue weighted by atomic mass is 9.98. The van der Waals surface area contributed by atoms with E-state index in [1.54, 1.807) is 11.5 Å². The van der Waals surface area contributed by atoms with Crippen LogP contribution in [-0.2, 0) is 19.4 Å². The summed E-state index contributed by atoms with van der Waals surface area (Å²) in [7, 11) is 0. The molecule has 2 aromatic heterocycles. The molecule has 0 atom stereocenters. The summed E-state index contributed by atoms with van der Waals surface area (Å²) >= 11 is 5.91. The minimum absolute atomic E-state index is 0.0175. The number of aryl methyl sites for hydroxylation is 2. The number of aromatic amines is 1. The van der Waals surface area contributed by atoms with Crippen molar-refractivity contribution < 1.29 is 9.73 Å². The first-order valence-corrected chi connectivity index (χ1v) is 12.0. The molecule has 0 radical (unpaired) electrons. The first kappa shape index (κ1) is 25.1. The Bertz CT molecular complexity index is 1500. The standard InChI is InChI=1S/C26H26ClN5O4/c1-3-4-9-23-28-16(2)21(14-22(27)30-35)25(33)32(23)15-17-10-12-18(13-11-17)19-7-5-6-8-20(19)24-29-26(34)36-31-24/h5-8,10-13,35H,3-4,9,14-15H2,1-2H3,(H,29,31,34)/b30-22-. The number of H-pyrrole nitrogens is 1. The molecule has 9 nitrogen and oxygen atoms in total. The van der Waals surface area contributed by atoms with Crippen LogP contribution in [0, 0.1) is 6.92 Å². The molecule has 4 rings (SSSR count). The number of hydrogen-bond acceptors (Lipinski definition) is 7. The lowest BCUT2D eigenvalue weighted by Crippen LogP contribution is -2.31. The summed E-state index contributed by atoms with van der Waals surface area (Å²) in [6, 6.07) is 15.4. The quantitative estimate of drug-likeness (QED) is 0.195. The minimum Gasteiger partial charge on any atom is -0.410 e. The van der Waals surface area contributed by atoms with E-state index < -0.39 is 5.76 Å². The van der Waals surface area contributed by atoms with E-state index in [0.717, 1.165) is 35.1 Å². The van der Waals surface area contributed by atoms with Gasteiger partial charge < -0.3 is 5.21 Å². The van der Waals surface area contributed by atoms with E-state index in [4.69, 9.17) is 21.8 Å². The van der Waals surface area contributed by atoms with E-state index >= 15 is 0 Å². The van der Waals surface area contributed by atoms with Crippen molar-refractivity contribution in [3.05, 3.63) is 92.1 Å². The summed E-state index contributed by atoms with van der Waals surface area (Å²) in [5.74, 6) is 0.455. The fourth-order valence-corrected chi connectivity index (χ4v) is 4.22. The van der Waals surface area contributed by atoms with Crippen molar-refractivity contribution in [2.24, 2.45) is 5.16 Å². The van der Waals surface area contributed by atoms with Gasteiger partial charge in [-0.25, -0.2) is 9.78 Å². The third kappa shape index (κ3) is 5.46. The molecule has 0 bridgehead atoms. The average Bonchev–Trinajstić information content (AvgIpc) is 3.33. The molecule has 0 spiro atoms. The maximum Gasteiger partial charge on any atom is 0.439 e. The lowest BCUT2D eigenvalue weighted by molar-refractivity contribution is 0.319. The van der Waals surface area contributed by atoms with Gasteiger partial charge in [0.05, 0.1) is 6.54 Å². The van der Waals surface area contributed by atoms with Crippen molar-refractivity contribution >= 4 is 16.8 Å². The van der Waals surface area contributed by atoms with Crippen molar-refractivity contribution in [1.29, 1.82) is 0 Å². The number of benzene rings is 2. The number of rotatable bonds is 9. The van der Waals surface area contributed by atoms with Crippen LogP contribution in [0.15, 0.2) is 67.8 Å². The molecule has 0 saturated heterocycles. The molecule has 0 amide bonds. The number of nitrogens with zero attached hydrogens (tertiary/aromatic N) is 4. The van der Waals surface area contributed by atoms with Crippen molar-refractivity contribution in [2.75, 3.05) is 0 Å². The molecule has 0 aliphatic carbocycles. The van der Waals surface area contributed by atoms with Gasteiger partial charge in [-0.2, -0.15) is 0 Å². The summed E-state index contributed by atoms with van der Waals surface area (Å²) in [6.07, 6.45) is 2.58. The smallest absolute Gasteiger partial charge is 0.410 e. The topological polar surface area (TPSA) is 126 Å². The third-order valence-corrected chi connectivity index (χ3v) is 6.17. The van der Waals surface area contributed by atoms with Gasteiger partial charge in [0.2, 0.25) is 0 Å². The van der Waals surface area contributed by atoms with Gasteiger partial charge in [-0.15, -0.1) is 0 Å². The minimum atomic E-state index is -0.614. The first-order chi connectivity index (χ1) is 17.4. The molecule has 2 N–H and O–H groups in total. The van der Waals surface area contributed by atoms with E-state index in [0.29, 0.717) is 35.9 Å². The molecule has 10 heteroatoms. The molecule has 0 aliphatic rings. The average molecular weight is 508 g/mol. The van der Waals surface area contributed by atoms with Crippen LogP contribution in [0.1, 0.15) is 42.4 Å². The highest BCUT2D eigenvalue weighted by atomic mass is 35.5. The molecule has 0 saturated carbocycles. The normalized spacial score (nSPS) is 11.7. The molecule has 0 unspecified atom stereocenters. The van der Waals surface area contributed by atoms with Crippen LogP contribution in [0.5, 0.6) is 0 Å². The first-order valence-electron chi connectivity index (χ1n) is 11.6. The van der Waals surface area contributed by atoms with E-state index in [-0.39, 0.29) is 17.2 Å². The fourth-order valence-electron chi connectivity index (χ4n) is 4.09. The monoisotopic (exact) mass is 507 g/mol. The van der Waals surface area contributed by atoms with Crippen LogP contribution in [-0.4, -0.2) is 30.1 Å². The summed E-state index contributed by atoms with van der Waals surface area (Å²) in [5.41, 5.74) is 4.26. The Morgan fingerprint density at radius 3 is 2.50 bits per heavy atom. The molecular weight excluding hydrogens is 482 g/mol. The molecule has 2 heterocycles. The highest BCUT2D eigenvalue weighted by Crippen LogP contribution is 2.30. The Balaban J connectivity index is 1.69. The molecule has 36 heavy (non-hydrogen) atoms. The summed E-state index contributed by atoms with van der Waals surface area (Å²) in [5, 5.41) is 15.7. The predicted octanol–water partition coefficient (Wildman–Crippen LogP) is 4.52. The van der Waals surface area contributed by atoms with Gasteiger partial charge in [0, 0.05) is 29.7 Å². The van der Waals surface area contributed by atoms with E-state index in [9.17, 15) is 9.59 Å². The summed E-state index contributed by atoms with van der Waals surface area (Å²) < 4.78 is 6.34. The van der Waals surface area contributed by atoms with Gasteiger partial charge in [-0.05, 0) is 30.0 Å². The van der Waals surface area contributed by atoms with Gasteiger partial charge in [0.1, 0.15) is 11.0 Å². The largest absolute Gasteiger partial charge is 0.439 e. The Morgan fingerprint density at radius 2 is 1.86 bits per heavy atom. The van der Waals surface area contributed by atoms with Crippen LogP contribution in [0.2, 0.25) is 0 Å². The van der Waals surface area contributed by atoms with Crippen LogP contribution in [0.25, 0.3) is 22.5 Å². The predicted molar refractivity (Wildman–Crippen MR) is 138 cm³/mol.